The Hall–Kier alpha value is -0.0800. The Bertz CT molecular complexity index is 151. The SMILES string of the molecule is CC1(C)CCN(C2CNC2)CC1. The molecule has 2 rings (SSSR count). The van der Waals surface area contributed by atoms with E-state index < -0.39 is 0 Å². The van der Waals surface area contributed by atoms with Crippen LogP contribution in [0.25, 0.3) is 0 Å². The molecule has 0 saturated carbocycles. The normalized spacial score (nSPS) is 31.5. The van der Waals surface area contributed by atoms with Crippen molar-refractivity contribution in [2.75, 3.05) is 26.2 Å². The van der Waals surface area contributed by atoms with E-state index in [-0.39, 0.29) is 0 Å². The maximum Gasteiger partial charge on any atom is 0.0345 e. The number of likely N-dealkylation sites (tertiary alicyclic amines) is 1. The number of hydrogen-bond acceptors (Lipinski definition) is 2. The van der Waals surface area contributed by atoms with Gasteiger partial charge in [-0.15, -0.1) is 0 Å². The molecular formula is C10H20N2. The fraction of sp³-hybridized carbons (Fsp3) is 1.00. The second-order valence-corrected chi connectivity index (χ2v) is 5.01. The Morgan fingerprint density at radius 3 is 2.17 bits per heavy atom. The minimum atomic E-state index is 0.605. The monoisotopic (exact) mass is 168 g/mol. The van der Waals surface area contributed by atoms with Gasteiger partial charge in [-0.25, -0.2) is 0 Å². The first-order chi connectivity index (χ1) is 5.67. The van der Waals surface area contributed by atoms with Crippen LogP contribution in [0.5, 0.6) is 0 Å². The third kappa shape index (κ3) is 1.64. The lowest BCUT2D eigenvalue weighted by atomic mass is 9.82. The molecular weight excluding hydrogens is 148 g/mol. The first-order valence-electron chi connectivity index (χ1n) is 5.12. The van der Waals surface area contributed by atoms with Crippen LogP contribution in [0.4, 0.5) is 0 Å². The van der Waals surface area contributed by atoms with Gasteiger partial charge >= 0.3 is 0 Å². The van der Waals surface area contributed by atoms with Crippen LogP contribution in [0.15, 0.2) is 0 Å². The number of rotatable bonds is 1. The molecule has 0 aliphatic carbocycles. The molecule has 0 aromatic carbocycles. The molecule has 0 aromatic rings. The van der Waals surface area contributed by atoms with E-state index in [1.807, 2.05) is 0 Å². The molecule has 2 fully saturated rings. The van der Waals surface area contributed by atoms with Crippen LogP contribution in [0, 0.1) is 5.41 Å². The summed E-state index contributed by atoms with van der Waals surface area (Å²) in [6, 6.07) is 0.862. The lowest BCUT2D eigenvalue weighted by molar-refractivity contribution is 0.0700. The van der Waals surface area contributed by atoms with Crippen LogP contribution in [-0.4, -0.2) is 37.1 Å². The zero-order valence-electron chi connectivity index (χ0n) is 8.27. The van der Waals surface area contributed by atoms with E-state index in [0.717, 1.165) is 6.04 Å². The molecule has 0 radical (unpaired) electrons. The van der Waals surface area contributed by atoms with Gasteiger partial charge in [-0.05, 0) is 31.3 Å². The molecule has 2 saturated heterocycles. The molecule has 2 aliphatic rings. The van der Waals surface area contributed by atoms with Crippen molar-refractivity contribution in [1.82, 2.24) is 10.2 Å². The van der Waals surface area contributed by atoms with Crippen molar-refractivity contribution in [3.05, 3.63) is 0 Å². The van der Waals surface area contributed by atoms with Crippen LogP contribution in [0.1, 0.15) is 26.7 Å². The highest BCUT2D eigenvalue weighted by Crippen LogP contribution is 2.30. The van der Waals surface area contributed by atoms with E-state index >= 15 is 0 Å². The molecule has 0 bridgehead atoms. The predicted octanol–water partition coefficient (Wildman–Crippen LogP) is 1.08. The minimum absolute atomic E-state index is 0.605. The third-order valence-corrected chi connectivity index (χ3v) is 3.43. The summed E-state index contributed by atoms with van der Waals surface area (Å²) in [7, 11) is 0. The highest BCUT2D eigenvalue weighted by atomic mass is 15.2. The van der Waals surface area contributed by atoms with Gasteiger partial charge in [0.05, 0.1) is 0 Å². The summed E-state index contributed by atoms with van der Waals surface area (Å²) in [6.07, 6.45) is 2.76. The highest BCUT2D eigenvalue weighted by molar-refractivity contribution is 4.89. The molecule has 70 valence electrons. The molecule has 0 amide bonds. The second kappa shape index (κ2) is 3.00. The molecule has 0 aromatic heterocycles. The average molecular weight is 168 g/mol. The fourth-order valence-electron chi connectivity index (χ4n) is 2.03. The number of piperidine rings is 1. The molecule has 2 heteroatoms. The Balaban J connectivity index is 1.81. The van der Waals surface area contributed by atoms with Crippen LogP contribution in [0.2, 0.25) is 0 Å². The van der Waals surface area contributed by atoms with Crippen LogP contribution in [0.3, 0.4) is 0 Å². The smallest absolute Gasteiger partial charge is 0.0345 e. The summed E-state index contributed by atoms with van der Waals surface area (Å²) in [5.74, 6) is 0. The van der Waals surface area contributed by atoms with Crippen LogP contribution < -0.4 is 5.32 Å². The van der Waals surface area contributed by atoms with E-state index in [4.69, 9.17) is 0 Å². The number of nitrogens with one attached hydrogen (secondary N) is 1. The molecule has 0 unspecified atom stereocenters. The summed E-state index contributed by atoms with van der Waals surface area (Å²) in [6.45, 7) is 9.87. The lowest BCUT2D eigenvalue weighted by Crippen LogP contribution is -2.59. The van der Waals surface area contributed by atoms with Gasteiger partial charge in [-0.1, -0.05) is 13.8 Å². The highest BCUT2D eigenvalue weighted by Gasteiger charge is 2.31. The number of nitrogens with zero attached hydrogens (tertiary/aromatic N) is 1. The lowest BCUT2D eigenvalue weighted by Gasteiger charge is -2.44. The van der Waals surface area contributed by atoms with Crippen molar-refractivity contribution in [3.8, 4) is 0 Å². The van der Waals surface area contributed by atoms with Gasteiger partial charge in [0, 0.05) is 19.1 Å². The van der Waals surface area contributed by atoms with E-state index in [1.165, 1.54) is 39.0 Å². The largest absolute Gasteiger partial charge is 0.314 e. The maximum absolute atomic E-state index is 3.34. The zero-order chi connectivity index (χ0) is 8.60. The first-order valence-corrected chi connectivity index (χ1v) is 5.12. The standard InChI is InChI=1S/C10H20N2/c1-10(2)3-5-12(6-4-10)9-7-11-8-9/h9,11H,3-8H2,1-2H3. The molecule has 1 N–H and O–H groups in total. The zero-order valence-corrected chi connectivity index (χ0v) is 8.27. The number of hydrogen-bond donors (Lipinski definition) is 1. The Morgan fingerprint density at radius 2 is 1.75 bits per heavy atom. The van der Waals surface area contributed by atoms with E-state index in [1.54, 1.807) is 0 Å². The second-order valence-electron chi connectivity index (χ2n) is 5.01. The van der Waals surface area contributed by atoms with Gasteiger partial charge in [-0.3, -0.25) is 4.90 Å². The van der Waals surface area contributed by atoms with Crippen molar-refractivity contribution in [2.45, 2.75) is 32.7 Å². The Morgan fingerprint density at radius 1 is 1.17 bits per heavy atom. The van der Waals surface area contributed by atoms with Gasteiger partial charge < -0.3 is 5.32 Å². The van der Waals surface area contributed by atoms with Crippen molar-refractivity contribution in [1.29, 1.82) is 0 Å². The van der Waals surface area contributed by atoms with Crippen molar-refractivity contribution >= 4 is 0 Å². The Kier molecular flexibility index (Phi) is 2.13. The molecule has 2 nitrogen and oxygen atoms in total. The van der Waals surface area contributed by atoms with E-state index in [9.17, 15) is 0 Å². The fourth-order valence-corrected chi connectivity index (χ4v) is 2.03. The van der Waals surface area contributed by atoms with Gasteiger partial charge in [-0.2, -0.15) is 0 Å². The van der Waals surface area contributed by atoms with Gasteiger partial charge in [0.25, 0.3) is 0 Å². The summed E-state index contributed by atoms with van der Waals surface area (Å²) in [5, 5.41) is 3.34. The summed E-state index contributed by atoms with van der Waals surface area (Å²) in [4.78, 5) is 2.65. The van der Waals surface area contributed by atoms with Gasteiger partial charge in [0.15, 0.2) is 0 Å². The van der Waals surface area contributed by atoms with E-state index in [2.05, 4.69) is 24.1 Å². The molecule has 12 heavy (non-hydrogen) atoms. The first kappa shape index (κ1) is 8.52. The summed E-state index contributed by atoms with van der Waals surface area (Å²) in [5.41, 5.74) is 0.605. The topological polar surface area (TPSA) is 15.3 Å². The predicted molar refractivity (Wildman–Crippen MR) is 51.2 cm³/mol. The average Bonchev–Trinajstić information content (AvgIpc) is 1.89. The molecule has 0 spiro atoms. The van der Waals surface area contributed by atoms with Crippen LogP contribution in [-0.2, 0) is 0 Å². The third-order valence-electron chi connectivity index (χ3n) is 3.43. The van der Waals surface area contributed by atoms with Gasteiger partial charge in [0.1, 0.15) is 0 Å². The molecule has 0 atom stereocenters. The quantitative estimate of drug-likeness (QED) is 0.630. The van der Waals surface area contributed by atoms with Crippen LogP contribution >= 0.6 is 0 Å². The Labute approximate surface area is 75.3 Å². The maximum atomic E-state index is 3.34. The van der Waals surface area contributed by atoms with Crippen molar-refractivity contribution in [3.63, 3.8) is 0 Å². The van der Waals surface area contributed by atoms with Crippen molar-refractivity contribution in [2.24, 2.45) is 5.41 Å². The van der Waals surface area contributed by atoms with Crippen molar-refractivity contribution < 1.29 is 0 Å². The van der Waals surface area contributed by atoms with Gasteiger partial charge in [0.2, 0.25) is 0 Å². The summed E-state index contributed by atoms with van der Waals surface area (Å²) < 4.78 is 0. The minimum Gasteiger partial charge on any atom is -0.314 e. The molecule has 2 heterocycles. The summed E-state index contributed by atoms with van der Waals surface area (Å²) >= 11 is 0. The molecule has 2 aliphatic heterocycles. The van der Waals surface area contributed by atoms with E-state index in [0.29, 0.717) is 5.41 Å².